The number of fused-ring (bicyclic) bond motifs is 1. The highest BCUT2D eigenvalue weighted by Gasteiger charge is 2.46. The summed E-state index contributed by atoms with van der Waals surface area (Å²) in [5.74, 6) is 0.692. The molecule has 2 atom stereocenters. The minimum absolute atomic E-state index is 0.000354. The zero-order valence-corrected chi connectivity index (χ0v) is 15.4. The number of likely N-dealkylation sites (tertiary alicyclic amines) is 2. The predicted molar refractivity (Wildman–Crippen MR) is 94.6 cm³/mol. The molecule has 2 aliphatic rings. The molecule has 1 aromatic carbocycles. The zero-order valence-electron chi connectivity index (χ0n) is 15.4. The van der Waals surface area contributed by atoms with Gasteiger partial charge in [-0.25, -0.2) is 4.39 Å². The lowest BCUT2D eigenvalue weighted by molar-refractivity contribution is -0.0686. The number of likely N-dealkylation sites (N-methyl/N-ethyl adjacent to an activating group) is 1. The van der Waals surface area contributed by atoms with E-state index in [0.29, 0.717) is 29.6 Å². The molecule has 1 aromatic rings. The third-order valence-electron chi connectivity index (χ3n) is 6.04. The van der Waals surface area contributed by atoms with Crippen LogP contribution < -0.4 is 9.47 Å². The summed E-state index contributed by atoms with van der Waals surface area (Å²) in [6.07, 6.45) is 3.17. The molecule has 5 nitrogen and oxygen atoms in total. The van der Waals surface area contributed by atoms with Crippen LogP contribution in [0.15, 0.2) is 12.1 Å². The Morgan fingerprint density at radius 2 is 1.92 bits per heavy atom. The Morgan fingerprint density at radius 1 is 1.20 bits per heavy atom. The van der Waals surface area contributed by atoms with Crippen molar-refractivity contribution in [2.24, 2.45) is 5.41 Å². The molecule has 2 saturated heterocycles. The predicted octanol–water partition coefficient (Wildman–Crippen LogP) is 2.12. The summed E-state index contributed by atoms with van der Waals surface area (Å²) in [6, 6.07) is 3.44. The van der Waals surface area contributed by atoms with Gasteiger partial charge in [0.15, 0.2) is 11.5 Å². The maximum Gasteiger partial charge on any atom is 0.163 e. The van der Waals surface area contributed by atoms with Crippen LogP contribution in [0.2, 0.25) is 0 Å². The highest BCUT2D eigenvalue weighted by atomic mass is 19.1. The standard InChI is InChI=1S/C19H29FN2O3/c1-21-7-4-5-19(13-23)6-8-22(12-18(19)21)11-14-9-16(24-2)17(25-3)10-15(14)20/h9-10,18,23H,4-8,11-13H2,1-3H3/t18-,19-/m1/s1. The van der Waals surface area contributed by atoms with Crippen molar-refractivity contribution in [1.29, 1.82) is 0 Å². The van der Waals surface area contributed by atoms with Crippen LogP contribution in [0.25, 0.3) is 0 Å². The fourth-order valence-electron chi connectivity index (χ4n) is 4.48. The van der Waals surface area contributed by atoms with E-state index in [4.69, 9.17) is 9.47 Å². The molecule has 0 unspecified atom stereocenters. The second-order valence-corrected chi connectivity index (χ2v) is 7.40. The van der Waals surface area contributed by atoms with E-state index in [0.717, 1.165) is 38.9 Å². The number of aliphatic hydroxyl groups is 1. The Kier molecular flexibility index (Phi) is 5.51. The van der Waals surface area contributed by atoms with Crippen molar-refractivity contribution in [3.8, 4) is 11.5 Å². The van der Waals surface area contributed by atoms with Gasteiger partial charge in [0, 0.05) is 36.2 Å². The molecule has 2 heterocycles. The molecule has 0 amide bonds. The number of halogens is 1. The summed E-state index contributed by atoms with van der Waals surface area (Å²) in [5.41, 5.74) is 0.618. The molecule has 0 spiro atoms. The Labute approximate surface area is 149 Å². The molecule has 2 fully saturated rings. The minimum atomic E-state index is -0.270. The van der Waals surface area contributed by atoms with Crippen LogP contribution in [-0.4, -0.2) is 68.5 Å². The van der Waals surface area contributed by atoms with Gasteiger partial charge in [0.1, 0.15) is 5.82 Å². The summed E-state index contributed by atoms with van der Waals surface area (Å²) in [7, 11) is 5.21. The molecule has 140 valence electrons. The molecule has 0 aromatic heterocycles. The van der Waals surface area contributed by atoms with Gasteiger partial charge in [-0.15, -0.1) is 0 Å². The summed E-state index contributed by atoms with van der Waals surface area (Å²) in [5, 5.41) is 10.0. The minimum Gasteiger partial charge on any atom is -0.493 e. The maximum absolute atomic E-state index is 14.4. The first-order valence-electron chi connectivity index (χ1n) is 8.97. The summed E-state index contributed by atoms with van der Waals surface area (Å²) in [6.45, 7) is 3.56. The fourth-order valence-corrected chi connectivity index (χ4v) is 4.48. The lowest BCUT2D eigenvalue weighted by atomic mass is 9.69. The van der Waals surface area contributed by atoms with Gasteiger partial charge in [-0.3, -0.25) is 4.90 Å². The molecule has 3 rings (SSSR count). The van der Waals surface area contributed by atoms with Gasteiger partial charge >= 0.3 is 0 Å². The summed E-state index contributed by atoms with van der Waals surface area (Å²) in [4.78, 5) is 4.64. The third-order valence-corrected chi connectivity index (χ3v) is 6.04. The lowest BCUT2D eigenvalue weighted by Crippen LogP contribution is -2.61. The van der Waals surface area contributed by atoms with Crippen molar-refractivity contribution in [2.45, 2.75) is 31.8 Å². The Bertz CT molecular complexity index is 613. The van der Waals surface area contributed by atoms with E-state index in [1.54, 1.807) is 13.2 Å². The lowest BCUT2D eigenvalue weighted by Gasteiger charge is -2.53. The number of benzene rings is 1. The van der Waals surface area contributed by atoms with Crippen molar-refractivity contribution in [3.05, 3.63) is 23.5 Å². The van der Waals surface area contributed by atoms with E-state index in [2.05, 4.69) is 16.8 Å². The first-order valence-corrected chi connectivity index (χ1v) is 8.97. The van der Waals surface area contributed by atoms with E-state index < -0.39 is 0 Å². The Balaban J connectivity index is 1.76. The number of nitrogens with zero attached hydrogens (tertiary/aromatic N) is 2. The molecule has 1 N–H and O–H groups in total. The quantitative estimate of drug-likeness (QED) is 0.880. The number of hydrogen-bond donors (Lipinski definition) is 1. The van der Waals surface area contributed by atoms with E-state index >= 15 is 0 Å². The van der Waals surface area contributed by atoms with Gasteiger partial charge in [-0.1, -0.05) is 0 Å². The van der Waals surface area contributed by atoms with Gasteiger partial charge in [-0.2, -0.15) is 0 Å². The van der Waals surface area contributed by atoms with Gasteiger partial charge < -0.3 is 19.5 Å². The van der Waals surface area contributed by atoms with E-state index in [-0.39, 0.29) is 17.8 Å². The molecule has 0 radical (unpaired) electrons. The molecule has 0 saturated carbocycles. The number of aliphatic hydroxyl groups excluding tert-OH is 1. The van der Waals surface area contributed by atoms with Crippen LogP contribution in [0.4, 0.5) is 4.39 Å². The van der Waals surface area contributed by atoms with E-state index in [1.807, 2.05) is 0 Å². The molecular formula is C19H29FN2O3. The Morgan fingerprint density at radius 3 is 2.60 bits per heavy atom. The molecule has 0 bridgehead atoms. The molecule has 0 aliphatic carbocycles. The van der Waals surface area contributed by atoms with E-state index in [9.17, 15) is 9.50 Å². The number of ether oxygens (including phenoxy) is 2. The molecule has 6 heteroatoms. The number of piperidine rings is 2. The van der Waals surface area contributed by atoms with Crippen LogP contribution in [-0.2, 0) is 6.54 Å². The van der Waals surface area contributed by atoms with Gasteiger partial charge in [-0.05, 0) is 45.5 Å². The largest absolute Gasteiger partial charge is 0.493 e. The fraction of sp³-hybridized carbons (Fsp3) is 0.684. The van der Waals surface area contributed by atoms with Crippen LogP contribution in [0.3, 0.4) is 0 Å². The van der Waals surface area contributed by atoms with Gasteiger partial charge in [0.05, 0.1) is 20.8 Å². The van der Waals surface area contributed by atoms with Crippen molar-refractivity contribution in [2.75, 3.05) is 47.5 Å². The smallest absolute Gasteiger partial charge is 0.163 e. The zero-order chi connectivity index (χ0) is 18.0. The highest BCUT2D eigenvalue weighted by Crippen LogP contribution is 2.42. The SMILES string of the molecule is COc1cc(F)c(CN2CC[C@@]3(CO)CCCN(C)[C@@H]3C2)cc1OC. The second kappa shape index (κ2) is 7.48. The molecule has 2 aliphatic heterocycles. The average molecular weight is 352 g/mol. The van der Waals surface area contributed by atoms with Crippen molar-refractivity contribution in [1.82, 2.24) is 9.80 Å². The van der Waals surface area contributed by atoms with Gasteiger partial charge in [0.2, 0.25) is 0 Å². The van der Waals surface area contributed by atoms with Crippen LogP contribution >= 0.6 is 0 Å². The van der Waals surface area contributed by atoms with Gasteiger partial charge in [0.25, 0.3) is 0 Å². The first-order chi connectivity index (χ1) is 12.0. The van der Waals surface area contributed by atoms with Crippen LogP contribution in [0, 0.1) is 11.2 Å². The van der Waals surface area contributed by atoms with Crippen LogP contribution in [0.5, 0.6) is 11.5 Å². The summed E-state index contributed by atoms with van der Waals surface area (Å²) < 4.78 is 24.9. The third kappa shape index (κ3) is 3.48. The van der Waals surface area contributed by atoms with E-state index in [1.165, 1.54) is 13.2 Å². The topological polar surface area (TPSA) is 45.2 Å². The monoisotopic (exact) mass is 352 g/mol. The summed E-state index contributed by atoms with van der Waals surface area (Å²) >= 11 is 0. The number of methoxy groups -OCH3 is 2. The van der Waals surface area contributed by atoms with Crippen molar-refractivity contribution >= 4 is 0 Å². The maximum atomic E-state index is 14.4. The number of rotatable bonds is 5. The molecule has 25 heavy (non-hydrogen) atoms. The highest BCUT2D eigenvalue weighted by molar-refractivity contribution is 5.43. The van der Waals surface area contributed by atoms with Crippen molar-refractivity contribution in [3.63, 3.8) is 0 Å². The number of hydrogen-bond acceptors (Lipinski definition) is 5. The second-order valence-electron chi connectivity index (χ2n) is 7.40. The van der Waals surface area contributed by atoms with Crippen molar-refractivity contribution < 1.29 is 19.0 Å². The first kappa shape index (κ1) is 18.4. The average Bonchev–Trinajstić information content (AvgIpc) is 2.63. The van der Waals surface area contributed by atoms with Crippen LogP contribution in [0.1, 0.15) is 24.8 Å². The Hall–Kier alpha value is -1.37. The normalized spacial score (nSPS) is 27.8. The molecular weight excluding hydrogens is 323 g/mol.